The maximum absolute atomic E-state index is 12.0. The van der Waals surface area contributed by atoms with Gasteiger partial charge in [-0.05, 0) is 19.8 Å². The molecule has 1 aromatic rings. The van der Waals surface area contributed by atoms with Crippen LogP contribution in [0.15, 0.2) is 6.33 Å². The highest BCUT2D eigenvalue weighted by atomic mass is 16.3. The van der Waals surface area contributed by atoms with E-state index in [1.165, 1.54) is 6.33 Å². The van der Waals surface area contributed by atoms with Crippen molar-refractivity contribution in [1.29, 1.82) is 0 Å². The van der Waals surface area contributed by atoms with E-state index in [2.05, 4.69) is 15.2 Å². The Labute approximate surface area is 106 Å². The summed E-state index contributed by atoms with van der Waals surface area (Å²) in [5, 5.41) is 16.1. The molecule has 0 bridgehead atoms. The molecule has 2 N–H and O–H groups in total. The van der Waals surface area contributed by atoms with Crippen molar-refractivity contribution in [1.82, 2.24) is 20.1 Å². The Hall–Kier alpha value is -1.43. The molecule has 18 heavy (non-hydrogen) atoms. The van der Waals surface area contributed by atoms with Crippen LogP contribution in [-0.4, -0.2) is 50.3 Å². The Morgan fingerprint density at radius 2 is 2.56 bits per heavy atom. The highest BCUT2D eigenvalue weighted by molar-refractivity contribution is 5.76. The summed E-state index contributed by atoms with van der Waals surface area (Å²) < 4.78 is 0. The minimum atomic E-state index is -0.338. The Morgan fingerprint density at radius 3 is 3.22 bits per heavy atom. The van der Waals surface area contributed by atoms with Crippen molar-refractivity contribution in [2.45, 2.75) is 38.7 Å². The fraction of sp³-hybridized carbons (Fsp3) is 0.750. The van der Waals surface area contributed by atoms with Crippen LogP contribution in [0.3, 0.4) is 0 Å². The largest absolute Gasteiger partial charge is 0.393 e. The molecule has 6 nitrogen and oxygen atoms in total. The van der Waals surface area contributed by atoms with E-state index < -0.39 is 0 Å². The molecule has 1 aliphatic rings. The highest BCUT2D eigenvalue weighted by Crippen LogP contribution is 2.20. The lowest BCUT2D eigenvalue weighted by atomic mass is 9.93. The quantitative estimate of drug-likeness (QED) is 0.810. The number of aromatic nitrogens is 3. The lowest BCUT2D eigenvalue weighted by molar-refractivity contribution is -0.133. The molecule has 2 atom stereocenters. The molecule has 1 aromatic heterocycles. The number of carbonyl (C=O) groups excluding carboxylic acids is 1. The van der Waals surface area contributed by atoms with Gasteiger partial charge in [-0.3, -0.25) is 9.89 Å². The van der Waals surface area contributed by atoms with Crippen LogP contribution < -0.4 is 0 Å². The van der Waals surface area contributed by atoms with E-state index in [1.807, 2.05) is 4.90 Å². The molecule has 2 unspecified atom stereocenters. The van der Waals surface area contributed by atoms with Crippen LogP contribution in [0.25, 0.3) is 0 Å². The molecular formula is C12H20N4O2. The number of hydrogen-bond acceptors (Lipinski definition) is 4. The number of amides is 1. The van der Waals surface area contributed by atoms with Crippen LogP contribution >= 0.6 is 0 Å². The number of aromatic amines is 1. The third-order valence-electron chi connectivity index (χ3n) is 3.53. The SMILES string of the molecule is CC(O)C1CCCN(C(=O)CCc2ncn[nH]2)C1. The molecule has 100 valence electrons. The summed E-state index contributed by atoms with van der Waals surface area (Å²) >= 11 is 0. The first-order valence-corrected chi connectivity index (χ1v) is 6.47. The number of aryl methyl sites for hydroxylation is 1. The zero-order valence-corrected chi connectivity index (χ0v) is 10.7. The van der Waals surface area contributed by atoms with Gasteiger partial charge in [0.2, 0.25) is 5.91 Å². The van der Waals surface area contributed by atoms with E-state index in [-0.39, 0.29) is 17.9 Å². The van der Waals surface area contributed by atoms with Crippen LogP contribution in [-0.2, 0) is 11.2 Å². The van der Waals surface area contributed by atoms with E-state index in [0.29, 0.717) is 19.4 Å². The van der Waals surface area contributed by atoms with E-state index in [0.717, 1.165) is 25.2 Å². The number of aliphatic hydroxyl groups is 1. The third kappa shape index (κ3) is 3.29. The first kappa shape index (κ1) is 13.0. The zero-order chi connectivity index (χ0) is 13.0. The predicted octanol–water partition coefficient (Wildman–Crippen LogP) is 0.357. The van der Waals surface area contributed by atoms with Gasteiger partial charge in [0, 0.05) is 31.8 Å². The van der Waals surface area contributed by atoms with Crippen LogP contribution in [0.2, 0.25) is 0 Å². The monoisotopic (exact) mass is 252 g/mol. The van der Waals surface area contributed by atoms with Crippen molar-refractivity contribution in [2.24, 2.45) is 5.92 Å². The summed E-state index contributed by atoms with van der Waals surface area (Å²) in [6.07, 6.45) is 4.13. The van der Waals surface area contributed by atoms with Gasteiger partial charge in [-0.2, -0.15) is 5.10 Å². The van der Waals surface area contributed by atoms with Crippen molar-refractivity contribution < 1.29 is 9.90 Å². The van der Waals surface area contributed by atoms with Gasteiger partial charge >= 0.3 is 0 Å². The Balaban J connectivity index is 1.81. The number of nitrogens with one attached hydrogen (secondary N) is 1. The van der Waals surface area contributed by atoms with Crippen molar-refractivity contribution >= 4 is 5.91 Å². The number of carbonyl (C=O) groups is 1. The van der Waals surface area contributed by atoms with E-state index in [9.17, 15) is 9.90 Å². The Morgan fingerprint density at radius 1 is 1.72 bits per heavy atom. The summed E-state index contributed by atoms with van der Waals surface area (Å²) in [7, 11) is 0. The number of rotatable bonds is 4. The summed E-state index contributed by atoms with van der Waals surface area (Å²) in [6, 6.07) is 0. The smallest absolute Gasteiger partial charge is 0.223 e. The van der Waals surface area contributed by atoms with Gasteiger partial charge in [0.1, 0.15) is 12.2 Å². The first-order valence-electron chi connectivity index (χ1n) is 6.47. The van der Waals surface area contributed by atoms with Gasteiger partial charge in [-0.1, -0.05) is 0 Å². The number of likely N-dealkylation sites (tertiary alicyclic amines) is 1. The molecule has 1 aliphatic heterocycles. The van der Waals surface area contributed by atoms with E-state index >= 15 is 0 Å². The minimum Gasteiger partial charge on any atom is -0.393 e. The van der Waals surface area contributed by atoms with Crippen molar-refractivity contribution in [3.63, 3.8) is 0 Å². The van der Waals surface area contributed by atoms with Crippen LogP contribution in [0.5, 0.6) is 0 Å². The predicted molar refractivity (Wildman–Crippen MR) is 65.7 cm³/mol. The number of aliphatic hydroxyl groups excluding tert-OH is 1. The summed E-state index contributed by atoms with van der Waals surface area (Å²) in [5.74, 6) is 1.09. The number of nitrogens with zero attached hydrogens (tertiary/aromatic N) is 3. The summed E-state index contributed by atoms with van der Waals surface area (Å²) in [5.41, 5.74) is 0. The lowest BCUT2D eigenvalue weighted by Crippen LogP contribution is -2.43. The molecule has 6 heteroatoms. The zero-order valence-electron chi connectivity index (χ0n) is 10.7. The van der Waals surface area contributed by atoms with Gasteiger partial charge in [0.05, 0.1) is 6.10 Å². The molecule has 2 rings (SSSR count). The fourth-order valence-corrected chi connectivity index (χ4v) is 2.36. The van der Waals surface area contributed by atoms with Crippen LogP contribution in [0.1, 0.15) is 32.0 Å². The fourth-order valence-electron chi connectivity index (χ4n) is 2.36. The van der Waals surface area contributed by atoms with Crippen LogP contribution in [0, 0.1) is 5.92 Å². The summed E-state index contributed by atoms with van der Waals surface area (Å²) in [6.45, 7) is 3.28. The molecular weight excluding hydrogens is 232 g/mol. The molecule has 2 heterocycles. The number of piperidine rings is 1. The lowest BCUT2D eigenvalue weighted by Gasteiger charge is -2.34. The molecule has 1 fully saturated rings. The maximum Gasteiger partial charge on any atom is 0.223 e. The molecule has 0 saturated carbocycles. The van der Waals surface area contributed by atoms with Crippen LogP contribution in [0.4, 0.5) is 0 Å². The third-order valence-corrected chi connectivity index (χ3v) is 3.53. The second-order valence-electron chi connectivity index (χ2n) is 4.91. The number of hydrogen-bond donors (Lipinski definition) is 2. The van der Waals surface area contributed by atoms with Crippen molar-refractivity contribution in [3.05, 3.63) is 12.2 Å². The van der Waals surface area contributed by atoms with Crippen molar-refractivity contribution in [3.8, 4) is 0 Å². The van der Waals surface area contributed by atoms with E-state index in [4.69, 9.17) is 0 Å². The first-order chi connectivity index (χ1) is 8.66. The van der Waals surface area contributed by atoms with Gasteiger partial charge in [0.25, 0.3) is 0 Å². The second kappa shape index (κ2) is 5.95. The minimum absolute atomic E-state index is 0.136. The van der Waals surface area contributed by atoms with Gasteiger partial charge < -0.3 is 10.0 Å². The van der Waals surface area contributed by atoms with Gasteiger partial charge in [-0.25, -0.2) is 4.98 Å². The number of H-pyrrole nitrogens is 1. The average Bonchev–Trinajstić information content (AvgIpc) is 2.89. The maximum atomic E-state index is 12.0. The molecule has 1 amide bonds. The molecule has 0 aliphatic carbocycles. The molecule has 0 aromatic carbocycles. The second-order valence-corrected chi connectivity index (χ2v) is 4.91. The Kier molecular flexibility index (Phi) is 4.30. The summed E-state index contributed by atoms with van der Waals surface area (Å²) in [4.78, 5) is 17.9. The topological polar surface area (TPSA) is 82.1 Å². The molecule has 0 spiro atoms. The molecule has 0 radical (unpaired) electrons. The highest BCUT2D eigenvalue weighted by Gasteiger charge is 2.26. The average molecular weight is 252 g/mol. The molecule has 1 saturated heterocycles. The Bertz CT molecular complexity index is 377. The normalized spacial score (nSPS) is 21.9. The standard InChI is InChI=1S/C12H20N4O2/c1-9(17)10-3-2-6-16(7-10)12(18)5-4-11-13-8-14-15-11/h8-10,17H,2-7H2,1H3,(H,13,14,15). The van der Waals surface area contributed by atoms with E-state index in [1.54, 1.807) is 6.92 Å². The van der Waals surface area contributed by atoms with Crippen molar-refractivity contribution in [2.75, 3.05) is 13.1 Å². The van der Waals surface area contributed by atoms with Gasteiger partial charge in [0.15, 0.2) is 0 Å². The van der Waals surface area contributed by atoms with Gasteiger partial charge in [-0.15, -0.1) is 0 Å².